The molecule has 3 atom stereocenters. The lowest BCUT2D eigenvalue weighted by Gasteiger charge is -2.37. The van der Waals surface area contributed by atoms with E-state index < -0.39 is 0 Å². The molecule has 0 radical (unpaired) electrons. The number of likely N-dealkylation sites (N-methyl/N-ethyl adjacent to an activating group) is 1. The summed E-state index contributed by atoms with van der Waals surface area (Å²) < 4.78 is 6.27. The van der Waals surface area contributed by atoms with Gasteiger partial charge in [-0.2, -0.15) is 0 Å². The lowest BCUT2D eigenvalue weighted by molar-refractivity contribution is -0.0805. The van der Waals surface area contributed by atoms with Crippen LogP contribution in [-0.2, 0) is 4.74 Å². The van der Waals surface area contributed by atoms with Crippen LogP contribution in [0.15, 0.2) is 0 Å². The fraction of sp³-hybridized carbons (Fsp3) is 1.00. The Labute approximate surface area is 117 Å². The molecule has 0 aromatic carbocycles. The normalized spacial score (nSPS) is 38.5. The van der Waals surface area contributed by atoms with E-state index in [1.54, 1.807) is 0 Å². The number of hydrogen-bond donors (Lipinski definition) is 2. The summed E-state index contributed by atoms with van der Waals surface area (Å²) in [6.07, 6.45) is 1.89. The van der Waals surface area contributed by atoms with Crippen LogP contribution in [0.2, 0.25) is 0 Å². The van der Waals surface area contributed by atoms with E-state index in [0.29, 0.717) is 12.0 Å². The third kappa shape index (κ3) is 3.13. The minimum absolute atomic E-state index is 0.125. The predicted octanol–water partition coefficient (Wildman–Crippen LogP) is 1.23. The fourth-order valence-corrected chi connectivity index (χ4v) is 4.05. The molecule has 0 aromatic heterocycles. The minimum atomic E-state index is -0.153. The van der Waals surface area contributed by atoms with Crippen molar-refractivity contribution in [3.05, 3.63) is 0 Å². The quantitative estimate of drug-likeness (QED) is 0.810. The Kier molecular flexibility index (Phi) is 4.26. The van der Waals surface area contributed by atoms with Gasteiger partial charge in [0.15, 0.2) is 0 Å². The summed E-state index contributed by atoms with van der Waals surface area (Å²) in [4.78, 5) is 2.40. The third-order valence-corrected chi connectivity index (χ3v) is 4.82. The highest BCUT2D eigenvalue weighted by Gasteiger charge is 2.53. The lowest BCUT2D eigenvalue weighted by atomic mass is 9.82. The number of ether oxygens (including phenoxy) is 1. The topological polar surface area (TPSA) is 44.7 Å². The zero-order valence-corrected chi connectivity index (χ0v) is 13.1. The average Bonchev–Trinajstić information content (AvgIpc) is 2.43. The van der Waals surface area contributed by atoms with Crippen molar-refractivity contribution in [3.63, 3.8) is 0 Å². The van der Waals surface area contributed by atoms with Crippen molar-refractivity contribution in [2.45, 2.75) is 63.9 Å². The Bertz CT molecular complexity index is 317. The number of rotatable bonds is 3. The number of hydrogen-bond acceptors (Lipinski definition) is 4. The van der Waals surface area contributed by atoms with Gasteiger partial charge in [0.05, 0.1) is 17.3 Å². The van der Waals surface area contributed by atoms with Gasteiger partial charge < -0.3 is 20.1 Å². The molecule has 4 heteroatoms. The van der Waals surface area contributed by atoms with Crippen LogP contribution in [0.25, 0.3) is 0 Å². The third-order valence-electron chi connectivity index (χ3n) is 4.82. The van der Waals surface area contributed by atoms with E-state index in [1.165, 1.54) is 0 Å². The van der Waals surface area contributed by atoms with Crippen molar-refractivity contribution >= 4 is 0 Å². The predicted molar refractivity (Wildman–Crippen MR) is 77.3 cm³/mol. The van der Waals surface area contributed by atoms with Gasteiger partial charge in [-0.25, -0.2) is 0 Å². The van der Waals surface area contributed by atoms with E-state index in [0.717, 1.165) is 32.5 Å². The first-order chi connectivity index (χ1) is 8.76. The SMILES string of the molecule is CNC1C(CN2CCCC(O)C2)C(C)(C)OC1(C)C. The van der Waals surface area contributed by atoms with Crippen LogP contribution in [0.3, 0.4) is 0 Å². The highest BCUT2D eigenvalue weighted by atomic mass is 16.5. The van der Waals surface area contributed by atoms with Crippen molar-refractivity contribution < 1.29 is 9.84 Å². The summed E-state index contributed by atoms with van der Waals surface area (Å²) in [5.74, 6) is 0.442. The Hall–Kier alpha value is -0.160. The van der Waals surface area contributed by atoms with E-state index in [-0.39, 0.29) is 17.3 Å². The Morgan fingerprint density at radius 3 is 2.53 bits per heavy atom. The summed E-state index contributed by atoms with van der Waals surface area (Å²) in [6, 6.07) is 0.349. The molecule has 0 spiro atoms. The van der Waals surface area contributed by atoms with Crippen LogP contribution in [0.1, 0.15) is 40.5 Å². The molecule has 2 heterocycles. The van der Waals surface area contributed by atoms with Crippen LogP contribution < -0.4 is 5.32 Å². The summed E-state index contributed by atoms with van der Waals surface area (Å²) in [6.45, 7) is 11.6. The average molecular weight is 270 g/mol. The van der Waals surface area contributed by atoms with Gasteiger partial charge in [0, 0.05) is 25.0 Å². The van der Waals surface area contributed by atoms with Gasteiger partial charge in [0.1, 0.15) is 0 Å². The molecule has 0 bridgehead atoms. The maximum atomic E-state index is 9.82. The number of likely N-dealkylation sites (tertiary alicyclic amines) is 1. The molecule has 0 saturated carbocycles. The molecule has 112 valence electrons. The second-order valence-electron chi connectivity index (χ2n) is 7.24. The number of aliphatic hydroxyl groups excluding tert-OH is 1. The maximum absolute atomic E-state index is 9.82. The summed E-state index contributed by atoms with van der Waals surface area (Å²) >= 11 is 0. The highest BCUT2D eigenvalue weighted by molar-refractivity contribution is 5.05. The molecule has 4 nitrogen and oxygen atoms in total. The van der Waals surface area contributed by atoms with Gasteiger partial charge in [-0.3, -0.25) is 0 Å². The maximum Gasteiger partial charge on any atom is 0.0790 e. The van der Waals surface area contributed by atoms with Gasteiger partial charge >= 0.3 is 0 Å². The van der Waals surface area contributed by atoms with Crippen LogP contribution in [-0.4, -0.2) is 60.0 Å². The Balaban J connectivity index is 2.08. The van der Waals surface area contributed by atoms with Crippen molar-refractivity contribution in [1.29, 1.82) is 0 Å². The van der Waals surface area contributed by atoms with Crippen LogP contribution in [0.4, 0.5) is 0 Å². The van der Waals surface area contributed by atoms with Crippen LogP contribution >= 0.6 is 0 Å². The molecule has 2 fully saturated rings. The number of nitrogens with one attached hydrogen (secondary N) is 1. The van der Waals surface area contributed by atoms with Gasteiger partial charge in [0.2, 0.25) is 0 Å². The fourth-order valence-electron chi connectivity index (χ4n) is 4.05. The monoisotopic (exact) mass is 270 g/mol. The molecule has 0 aliphatic carbocycles. The molecule has 3 unspecified atom stereocenters. The molecule has 0 aromatic rings. The second-order valence-corrected chi connectivity index (χ2v) is 7.24. The summed E-state index contributed by atoms with van der Waals surface area (Å²) in [5.41, 5.74) is -0.267. The van der Waals surface area contributed by atoms with Gasteiger partial charge in [0.25, 0.3) is 0 Å². The zero-order chi connectivity index (χ0) is 14.3. The van der Waals surface area contributed by atoms with E-state index in [9.17, 15) is 5.11 Å². The first-order valence-electron chi connectivity index (χ1n) is 7.54. The zero-order valence-electron chi connectivity index (χ0n) is 13.1. The van der Waals surface area contributed by atoms with Gasteiger partial charge in [-0.1, -0.05) is 0 Å². The molecule has 2 rings (SSSR count). The van der Waals surface area contributed by atoms with Gasteiger partial charge in [-0.15, -0.1) is 0 Å². The summed E-state index contributed by atoms with van der Waals surface area (Å²) in [5, 5.41) is 13.3. The Morgan fingerprint density at radius 1 is 1.26 bits per heavy atom. The molecule has 0 amide bonds. The Morgan fingerprint density at radius 2 is 1.95 bits per heavy atom. The number of aliphatic hydroxyl groups is 1. The molecular weight excluding hydrogens is 240 g/mol. The second kappa shape index (κ2) is 5.32. The number of piperidine rings is 1. The summed E-state index contributed by atoms with van der Waals surface area (Å²) in [7, 11) is 2.02. The molecule has 2 aliphatic heterocycles. The van der Waals surface area contributed by atoms with E-state index in [4.69, 9.17) is 4.74 Å². The molecular formula is C15H30N2O2. The van der Waals surface area contributed by atoms with E-state index in [1.807, 2.05) is 7.05 Å². The largest absolute Gasteiger partial charge is 0.392 e. The number of nitrogens with zero attached hydrogens (tertiary/aromatic N) is 1. The highest BCUT2D eigenvalue weighted by Crippen LogP contribution is 2.42. The minimum Gasteiger partial charge on any atom is -0.392 e. The first-order valence-corrected chi connectivity index (χ1v) is 7.54. The first kappa shape index (κ1) is 15.2. The van der Waals surface area contributed by atoms with Crippen LogP contribution in [0, 0.1) is 5.92 Å². The van der Waals surface area contributed by atoms with Crippen LogP contribution in [0.5, 0.6) is 0 Å². The van der Waals surface area contributed by atoms with E-state index in [2.05, 4.69) is 37.9 Å². The lowest BCUT2D eigenvalue weighted by Crippen LogP contribution is -2.51. The van der Waals surface area contributed by atoms with Crippen molar-refractivity contribution in [2.24, 2.45) is 5.92 Å². The molecule has 2 N–H and O–H groups in total. The molecule has 2 aliphatic rings. The van der Waals surface area contributed by atoms with Crippen molar-refractivity contribution in [1.82, 2.24) is 10.2 Å². The van der Waals surface area contributed by atoms with Crippen molar-refractivity contribution in [2.75, 3.05) is 26.7 Å². The van der Waals surface area contributed by atoms with Gasteiger partial charge in [-0.05, 0) is 54.1 Å². The number of β-amino-alcohol motifs (C(OH)–C–C–N with tert-alkyl or cyclic N) is 1. The smallest absolute Gasteiger partial charge is 0.0790 e. The molecule has 19 heavy (non-hydrogen) atoms. The standard InChI is InChI=1S/C15H30N2O2/c1-14(2)12(13(16-5)15(3,4)19-14)10-17-8-6-7-11(18)9-17/h11-13,16,18H,6-10H2,1-5H3. The molecule has 2 saturated heterocycles. The van der Waals surface area contributed by atoms with E-state index >= 15 is 0 Å². The van der Waals surface area contributed by atoms with Crippen molar-refractivity contribution in [3.8, 4) is 0 Å².